The van der Waals surface area contributed by atoms with Gasteiger partial charge >= 0.3 is 0 Å². The average Bonchev–Trinajstić information content (AvgIpc) is 2.55. The molecule has 0 amide bonds. The van der Waals surface area contributed by atoms with Crippen LogP contribution in [0.15, 0.2) is 12.3 Å². The van der Waals surface area contributed by atoms with Crippen LogP contribution < -0.4 is 0 Å². The van der Waals surface area contributed by atoms with Gasteiger partial charge in [-0.15, -0.1) is 11.6 Å². The highest BCUT2D eigenvalue weighted by Gasteiger charge is 2.29. The van der Waals surface area contributed by atoms with E-state index in [1.165, 1.54) is 4.57 Å². The Kier molecular flexibility index (Phi) is 1.70. The average molecular weight is 186 g/mol. The molecule has 1 unspecified atom stereocenters. The van der Waals surface area contributed by atoms with Crippen LogP contribution in [-0.4, -0.2) is 15.6 Å². The molecule has 0 spiro atoms. The van der Waals surface area contributed by atoms with Crippen LogP contribution in [-0.2, 0) is 6.61 Å². The number of carbonyl (C=O) groups is 1. The first-order valence-electron chi connectivity index (χ1n) is 3.72. The molecular formula is C8H8ClNO2. The quantitative estimate of drug-likeness (QED) is 0.671. The Balaban J connectivity index is 2.55. The summed E-state index contributed by atoms with van der Waals surface area (Å²) in [6.45, 7) is -0.0567. The van der Waals surface area contributed by atoms with E-state index >= 15 is 0 Å². The van der Waals surface area contributed by atoms with Gasteiger partial charge in [-0.2, -0.15) is 0 Å². The summed E-state index contributed by atoms with van der Waals surface area (Å²) in [5.41, 5.74) is 1.50. The molecule has 2 rings (SSSR count). The number of nitrogens with zero attached hydrogens (tertiary/aromatic N) is 1. The first kappa shape index (κ1) is 7.83. The van der Waals surface area contributed by atoms with Crippen LogP contribution in [0.5, 0.6) is 0 Å². The Hall–Kier alpha value is -0.800. The third-order valence-electron chi connectivity index (χ3n) is 2.10. The van der Waals surface area contributed by atoms with Crippen molar-refractivity contribution in [1.82, 2.24) is 4.57 Å². The van der Waals surface area contributed by atoms with Gasteiger partial charge < -0.3 is 5.11 Å². The maximum Gasteiger partial charge on any atom is 0.232 e. The first-order valence-corrected chi connectivity index (χ1v) is 4.16. The molecule has 1 atom stereocenters. The molecule has 4 heteroatoms. The van der Waals surface area contributed by atoms with Crippen molar-refractivity contribution in [3.05, 3.63) is 23.5 Å². The van der Waals surface area contributed by atoms with Crippen LogP contribution in [0.25, 0.3) is 0 Å². The number of hydrogen-bond acceptors (Lipinski definition) is 2. The van der Waals surface area contributed by atoms with Crippen molar-refractivity contribution in [2.45, 2.75) is 18.4 Å². The molecule has 0 saturated heterocycles. The molecule has 0 saturated carbocycles. The SMILES string of the molecule is O=C1CC(Cl)c2c(CO)ccn21. The summed E-state index contributed by atoms with van der Waals surface area (Å²) in [7, 11) is 0. The second-order valence-electron chi connectivity index (χ2n) is 2.82. The molecule has 2 heterocycles. The summed E-state index contributed by atoms with van der Waals surface area (Å²) in [6, 6.07) is 1.72. The fourth-order valence-corrected chi connectivity index (χ4v) is 1.91. The summed E-state index contributed by atoms with van der Waals surface area (Å²) in [5.74, 6) is 0.00435. The third-order valence-corrected chi connectivity index (χ3v) is 2.46. The van der Waals surface area contributed by atoms with Crippen LogP contribution in [0.2, 0.25) is 0 Å². The van der Waals surface area contributed by atoms with Gasteiger partial charge in [0.15, 0.2) is 0 Å². The fraction of sp³-hybridized carbons (Fsp3) is 0.375. The Bertz CT molecular complexity index is 332. The predicted octanol–water partition coefficient (Wildman–Crippen LogP) is 1.30. The summed E-state index contributed by atoms with van der Waals surface area (Å²) in [4.78, 5) is 11.2. The zero-order valence-corrected chi connectivity index (χ0v) is 7.08. The van der Waals surface area contributed by atoms with Crippen molar-refractivity contribution in [2.24, 2.45) is 0 Å². The van der Waals surface area contributed by atoms with E-state index in [0.717, 1.165) is 11.3 Å². The van der Waals surface area contributed by atoms with Crippen LogP contribution in [0.4, 0.5) is 0 Å². The number of aliphatic hydroxyl groups excluding tert-OH is 1. The smallest absolute Gasteiger partial charge is 0.232 e. The van der Waals surface area contributed by atoms with Crippen molar-refractivity contribution in [3.8, 4) is 0 Å². The number of aromatic nitrogens is 1. The normalized spacial score (nSPS) is 21.5. The Morgan fingerprint density at radius 3 is 3.17 bits per heavy atom. The number of aliphatic hydroxyl groups is 1. The maximum atomic E-state index is 11.2. The monoisotopic (exact) mass is 185 g/mol. The summed E-state index contributed by atoms with van der Waals surface area (Å²) < 4.78 is 1.52. The Morgan fingerprint density at radius 2 is 2.50 bits per heavy atom. The van der Waals surface area contributed by atoms with Crippen LogP contribution in [0, 0.1) is 0 Å². The van der Waals surface area contributed by atoms with Crippen molar-refractivity contribution in [2.75, 3.05) is 0 Å². The number of carbonyl (C=O) groups excluding carboxylic acids is 1. The number of rotatable bonds is 1. The third kappa shape index (κ3) is 0.901. The second-order valence-corrected chi connectivity index (χ2v) is 3.35. The van der Waals surface area contributed by atoms with Crippen molar-refractivity contribution in [3.63, 3.8) is 0 Å². The lowest BCUT2D eigenvalue weighted by molar-refractivity contribution is 0.0923. The van der Waals surface area contributed by atoms with Gasteiger partial charge in [0, 0.05) is 23.9 Å². The zero-order valence-electron chi connectivity index (χ0n) is 6.33. The molecule has 0 aliphatic carbocycles. The molecule has 0 radical (unpaired) electrons. The van der Waals surface area contributed by atoms with E-state index in [1.54, 1.807) is 12.3 Å². The lowest BCUT2D eigenvalue weighted by Crippen LogP contribution is -2.01. The topological polar surface area (TPSA) is 42.2 Å². The molecule has 3 nitrogen and oxygen atoms in total. The molecule has 64 valence electrons. The highest BCUT2D eigenvalue weighted by molar-refractivity contribution is 6.23. The fourth-order valence-electron chi connectivity index (χ4n) is 1.54. The van der Waals surface area contributed by atoms with Crippen molar-refractivity contribution >= 4 is 17.5 Å². The van der Waals surface area contributed by atoms with Crippen LogP contribution in [0.1, 0.15) is 27.8 Å². The molecule has 1 N–H and O–H groups in total. The van der Waals surface area contributed by atoms with Crippen molar-refractivity contribution < 1.29 is 9.90 Å². The summed E-state index contributed by atoms with van der Waals surface area (Å²) in [5, 5.41) is 8.64. The minimum atomic E-state index is -0.269. The van der Waals surface area contributed by atoms with Gasteiger partial charge in [-0.05, 0) is 6.07 Å². The molecule has 1 aliphatic heterocycles. The van der Waals surface area contributed by atoms with Gasteiger partial charge in [0.25, 0.3) is 0 Å². The van der Waals surface area contributed by atoms with E-state index < -0.39 is 0 Å². The summed E-state index contributed by atoms with van der Waals surface area (Å²) in [6.07, 6.45) is 2.00. The van der Waals surface area contributed by atoms with Gasteiger partial charge in [0.2, 0.25) is 5.91 Å². The minimum Gasteiger partial charge on any atom is -0.392 e. The molecule has 1 aromatic rings. The molecule has 12 heavy (non-hydrogen) atoms. The number of fused-ring (bicyclic) bond motifs is 1. The largest absolute Gasteiger partial charge is 0.392 e. The molecule has 1 aromatic heterocycles. The van der Waals surface area contributed by atoms with Crippen LogP contribution in [0.3, 0.4) is 0 Å². The highest BCUT2D eigenvalue weighted by Crippen LogP contribution is 2.34. The van der Waals surface area contributed by atoms with E-state index in [-0.39, 0.29) is 17.9 Å². The first-order chi connectivity index (χ1) is 5.74. The van der Waals surface area contributed by atoms with Gasteiger partial charge in [0.1, 0.15) is 0 Å². The zero-order chi connectivity index (χ0) is 8.72. The molecule has 0 bridgehead atoms. The second kappa shape index (κ2) is 2.61. The molecule has 1 aliphatic rings. The predicted molar refractivity (Wildman–Crippen MR) is 44.2 cm³/mol. The minimum absolute atomic E-state index is 0.00435. The van der Waals surface area contributed by atoms with E-state index in [9.17, 15) is 4.79 Å². The lowest BCUT2D eigenvalue weighted by Gasteiger charge is -1.99. The Labute approximate surface area is 74.6 Å². The molecule has 0 aromatic carbocycles. The van der Waals surface area contributed by atoms with E-state index in [1.807, 2.05) is 0 Å². The number of alkyl halides is 1. The number of halogens is 1. The van der Waals surface area contributed by atoms with E-state index in [0.29, 0.717) is 6.42 Å². The molecular weight excluding hydrogens is 178 g/mol. The maximum absolute atomic E-state index is 11.2. The van der Waals surface area contributed by atoms with E-state index in [4.69, 9.17) is 16.7 Å². The number of hydrogen-bond donors (Lipinski definition) is 1. The highest BCUT2D eigenvalue weighted by atomic mass is 35.5. The molecule has 0 fully saturated rings. The standard InChI is InChI=1S/C8H8ClNO2/c9-6-3-7(12)10-2-1-5(4-11)8(6)10/h1-2,6,11H,3-4H2. The van der Waals surface area contributed by atoms with Crippen LogP contribution >= 0.6 is 11.6 Å². The van der Waals surface area contributed by atoms with Gasteiger partial charge in [-0.3, -0.25) is 9.36 Å². The van der Waals surface area contributed by atoms with Gasteiger partial charge in [0.05, 0.1) is 12.0 Å². The lowest BCUT2D eigenvalue weighted by atomic mass is 10.2. The van der Waals surface area contributed by atoms with E-state index in [2.05, 4.69) is 0 Å². The van der Waals surface area contributed by atoms with Gasteiger partial charge in [-0.1, -0.05) is 0 Å². The van der Waals surface area contributed by atoms with Crippen molar-refractivity contribution in [1.29, 1.82) is 0 Å². The Morgan fingerprint density at radius 1 is 1.75 bits per heavy atom. The summed E-state index contributed by atoms with van der Waals surface area (Å²) >= 11 is 5.91. The van der Waals surface area contributed by atoms with Gasteiger partial charge in [-0.25, -0.2) is 0 Å².